The van der Waals surface area contributed by atoms with Gasteiger partial charge in [-0.1, -0.05) is 55.5 Å². The lowest BCUT2D eigenvalue weighted by molar-refractivity contribution is 0.0488. The van der Waals surface area contributed by atoms with Crippen molar-refractivity contribution in [1.29, 1.82) is 0 Å². The molecule has 0 aliphatic heterocycles. The molecule has 3 heteroatoms. The number of aromatic nitrogens is 1. The minimum Gasteiger partial charge on any atom is -0.379 e. The summed E-state index contributed by atoms with van der Waals surface area (Å²) in [4.78, 5) is 4.41. The maximum atomic E-state index is 11.4. The molecule has 1 N–H and O–H groups in total. The first-order valence-electron chi connectivity index (χ1n) is 7.58. The molecule has 3 rings (SSSR count). The molecule has 1 saturated carbocycles. The summed E-state index contributed by atoms with van der Waals surface area (Å²) in [5, 5.41) is 12.1. The molecule has 1 unspecified atom stereocenters. The van der Waals surface area contributed by atoms with Crippen LogP contribution in [0.3, 0.4) is 0 Å². The summed E-state index contributed by atoms with van der Waals surface area (Å²) in [5.41, 5.74) is 0.567. The molecular formula is C18H20ClNO. The first-order chi connectivity index (χ1) is 10.2. The number of hydrogen-bond acceptors (Lipinski definition) is 2. The van der Waals surface area contributed by atoms with Crippen LogP contribution in [-0.2, 0) is 5.60 Å². The Bertz CT molecular complexity index is 578. The number of aliphatic hydroxyl groups is 1. The van der Waals surface area contributed by atoms with Crippen molar-refractivity contribution in [2.75, 3.05) is 0 Å². The summed E-state index contributed by atoms with van der Waals surface area (Å²) < 4.78 is 0. The highest BCUT2D eigenvalue weighted by Gasteiger charge is 2.36. The van der Waals surface area contributed by atoms with Gasteiger partial charge in [-0.3, -0.25) is 4.98 Å². The van der Waals surface area contributed by atoms with E-state index in [2.05, 4.69) is 4.98 Å². The van der Waals surface area contributed by atoms with Crippen molar-refractivity contribution in [3.05, 3.63) is 64.9 Å². The average Bonchev–Trinajstić information content (AvgIpc) is 3.01. The van der Waals surface area contributed by atoms with Crippen molar-refractivity contribution < 1.29 is 5.11 Å². The van der Waals surface area contributed by atoms with Crippen molar-refractivity contribution in [1.82, 2.24) is 4.98 Å². The standard InChI is InChI=1S/C18H20ClNO/c19-16-10-8-15(9-11-16)18(21,13-14-5-1-2-6-14)17-7-3-4-12-20-17/h3-4,7-12,14,21H,1-2,5-6,13H2. The van der Waals surface area contributed by atoms with Crippen molar-refractivity contribution >= 4 is 11.6 Å². The predicted molar refractivity (Wildman–Crippen MR) is 85.3 cm³/mol. The number of rotatable bonds is 4. The van der Waals surface area contributed by atoms with Crippen molar-refractivity contribution in [3.8, 4) is 0 Å². The third-order valence-electron chi connectivity index (χ3n) is 4.47. The predicted octanol–water partition coefficient (Wildman–Crippen LogP) is 4.55. The zero-order chi connectivity index (χ0) is 14.7. The third-order valence-corrected chi connectivity index (χ3v) is 4.72. The summed E-state index contributed by atoms with van der Waals surface area (Å²) in [5.74, 6) is 0.563. The molecule has 0 saturated heterocycles. The molecule has 1 aromatic heterocycles. The maximum Gasteiger partial charge on any atom is 0.132 e. The lowest BCUT2D eigenvalue weighted by atomic mass is 9.81. The van der Waals surface area contributed by atoms with Gasteiger partial charge in [0.1, 0.15) is 5.60 Å². The van der Waals surface area contributed by atoms with Gasteiger partial charge in [-0.25, -0.2) is 0 Å². The molecule has 1 atom stereocenters. The van der Waals surface area contributed by atoms with Gasteiger partial charge < -0.3 is 5.11 Å². The largest absolute Gasteiger partial charge is 0.379 e. The third kappa shape index (κ3) is 3.12. The fraction of sp³-hybridized carbons (Fsp3) is 0.389. The van der Waals surface area contributed by atoms with E-state index in [0.29, 0.717) is 10.9 Å². The Morgan fingerprint density at radius 1 is 1.10 bits per heavy atom. The van der Waals surface area contributed by atoms with Crippen LogP contribution < -0.4 is 0 Å². The second kappa shape index (κ2) is 6.17. The zero-order valence-corrected chi connectivity index (χ0v) is 12.8. The second-order valence-corrected chi connectivity index (χ2v) is 6.37. The number of pyridine rings is 1. The van der Waals surface area contributed by atoms with Crippen LogP contribution in [0, 0.1) is 5.92 Å². The minimum absolute atomic E-state index is 0.563. The minimum atomic E-state index is -1.03. The fourth-order valence-corrected chi connectivity index (χ4v) is 3.46. The number of benzene rings is 1. The van der Waals surface area contributed by atoms with Crippen molar-refractivity contribution in [3.63, 3.8) is 0 Å². The monoisotopic (exact) mass is 301 g/mol. The van der Waals surface area contributed by atoms with E-state index in [0.717, 1.165) is 17.7 Å². The molecule has 0 spiro atoms. The molecule has 2 nitrogen and oxygen atoms in total. The van der Waals surface area contributed by atoms with E-state index >= 15 is 0 Å². The van der Waals surface area contributed by atoms with E-state index in [9.17, 15) is 5.11 Å². The van der Waals surface area contributed by atoms with E-state index in [-0.39, 0.29) is 0 Å². The molecule has 1 aromatic carbocycles. The first-order valence-corrected chi connectivity index (χ1v) is 7.96. The van der Waals surface area contributed by atoms with Gasteiger partial charge in [0.05, 0.1) is 5.69 Å². The zero-order valence-electron chi connectivity index (χ0n) is 12.0. The molecule has 1 heterocycles. The van der Waals surface area contributed by atoms with Crippen LogP contribution in [0.1, 0.15) is 43.4 Å². The van der Waals surface area contributed by atoms with Crippen LogP contribution >= 0.6 is 11.6 Å². The summed E-state index contributed by atoms with van der Waals surface area (Å²) in [6.45, 7) is 0. The van der Waals surface area contributed by atoms with Crippen LogP contribution in [0.2, 0.25) is 5.02 Å². The average molecular weight is 302 g/mol. The molecule has 110 valence electrons. The summed E-state index contributed by atoms with van der Waals surface area (Å²) in [6.07, 6.45) is 7.40. The fourth-order valence-electron chi connectivity index (χ4n) is 3.34. The second-order valence-electron chi connectivity index (χ2n) is 5.94. The van der Waals surface area contributed by atoms with Crippen LogP contribution in [0.15, 0.2) is 48.7 Å². The van der Waals surface area contributed by atoms with Crippen molar-refractivity contribution in [2.24, 2.45) is 5.92 Å². The van der Waals surface area contributed by atoms with E-state index in [4.69, 9.17) is 11.6 Å². The highest BCUT2D eigenvalue weighted by atomic mass is 35.5. The van der Waals surface area contributed by atoms with Gasteiger partial charge in [0.2, 0.25) is 0 Å². The molecule has 0 amide bonds. The summed E-state index contributed by atoms with van der Waals surface area (Å²) >= 11 is 5.98. The van der Waals surface area contributed by atoms with E-state index in [1.807, 2.05) is 42.5 Å². The van der Waals surface area contributed by atoms with Crippen LogP contribution in [0.25, 0.3) is 0 Å². The van der Waals surface area contributed by atoms with Gasteiger partial charge in [0.15, 0.2) is 0 Å². The smallest absolute Gasteiger partial charge is 0.132 e. The number of halogens is 1. The molecule has 21 heavy (non-hydrogen) atoms. The summed E-state index contributed by atoms with van der Waals surface area (Å²) in [6, 6.07) is 13.2. The van der Waals surface area contributed by atoms with E-state index < -0.39 is 5.60 Å². The molecule has 1 aliphatic carbocycles. The maximum absolute atomic E-state index is 11.4. The van der Waals surface area contributed by atoms with Gasteiger partial charge in [0.25, 0.3) is 0 Å². The van der Waals surface area contributed by atoms with Crippen LogP contribution in [0.5, 0.6) is 0 Å². The number of hydrogen-bond donors (Lipinski definition) is 1. The Kier molecular flexibility index (Phi) is 4.27. The Balaban J connectivity index is 1.99. The van der Waals surface area contributed by atoms with Crippen molar-refractivity contribution in [2.45, 2.75) is 37.7 Å². The molecule has 0 bridgehead atoms. The van der Waals surface area contributed by atoms with Gasteiger partial charge in [0, 0.05) is 11.2 Å². The van der Waals surface area contributed by atoms with E-state index in [1.165, 1.54) is 25.7 Å². The van der Waals surface area contributed by atoms with Crippen LogP contribution in [0.4, 0.5) is 0 Å². The SMILES string of the molecule is OC(CC1CCCC1)(c1ccc(Cl)cc1)c1ccccn1. The van der Waals surface area contributed by atoms with E-state index in [1.54, 1.807) is 6.20 Å². The highest BCUT2D eigenvalue weighted by Crippen LogP contribution is 2.40. The quantitative estimate of drug-likeness (QED) is 0.898. The van der Waals surface area contributed by atoms with Gasteiger partial charge in [-0.15, -0.1) is 0 Å². The Morgan fingerprint density at radius 2 is 1.81 bits per heavy atom. The highest BCUT2D eigenvalue weighted by molar-refractivity contribution is 6.30. The molecule has 1 fully saturated rings. The topological polar surface area (TPSA) is 33.1 Å². The van der Waals surface area contributed by atoms with Gasteiger partial charge in [-0.2, -0.15) is 0 Å². The molecule has 2 aromatic rings. The lowest BCUT2D eigenvalue weighted by Gasteiger charge is -2.31. The summed E-state index contributed by atoms with van der Waals surface area (Å²) in [7, 11) is 0. The first kappa shape index (κ1) is 14.6. The molecule has 0 radical (unpaired) electrons. The van der Waals surface area contributed by atoms with Gasteiger partial charge in [-0.05, 0) is 42.2 Å². The Labute approximate surface area is 130 Å². The van der Waals surface area contributed by atoms with Crippen LogP contribution in [-0.4, -0.2) is 10.1 Å². The molecule has 1 aliphatic rings. The normalized spacial score (nSPS) is 18.6. The molecular weight excluding hydrogens is 282 g/mol. The van der Waals surface area contributed by atoms with Gasteiger partial charge >= 0.3 is 0 Å². The lowest BCUT2D eigenvalue weighted by Crippen LogP contribution is -2.30. The Morgan fingerprint density at radius 3 is 2.43 bits per heavy atom. The Hall–Kier alpha value is -1.38. The number of nitrogens with zero attached hydrogens (tertiary/aromatic N) is 1.